The van der Waals surface area contributed by atoms with Crippen LogP contribution in [0.2, 0.25) is 0 Å². The minimum absolute atomic E-state index is 0.124. The summed E-state index contributed by atoms with van der Waals surface area (Å²) in [5, 5.41) is 0.850. The van der Waals surface area contributed by atoms with Crippen molar-refractivity contribution in [3.05, 3.63) is 28.8 Å². The first kappa shape index (κ1) is 19.7. The number of rotatable bonds is 4. The zero-order chi connectivity index (χ0) is 19.9. The molecular weight excluding hydrogens is 400 g/mol. The minimum Gasteiger partial charge on any atom is -0.371 e. The molecule has 2 aromatic rings. The molecule has 2 saturated heterocycles. The van der Waals surface area contributed by atoms with Gasteiger partial charge in [-0.1, -0.05) is 6.07 Å². The lowest BCUT2D eigenvalue weighted by Crippen LogP contribution is -2.48. The summed E-state index contributed by atoms with van der Waals surface area (Å²) in [6.45, 7) is 1.96. The van der Waals surface area contributed by atoms with E-state index < -0.39 is 16.3 Å². The molecular formula is C18H24N4O4S2. The lowest BCUT2D eigenvalue weighted by Gasteiger charge is -2.34. The topological polar surface area (TPSA) is 83.1 Å². The monoisotopic (exact) mass is 424 g/mol. The number of aromatic nitrogens is 1. The molecule has 4 rings (SSSR count). The fraction of sp³-hybridized carbons (Fsp3) is 0.556. The standard InChI is InChI=1S/C18H24N4O4S2/c1-20(2)18(23)16-15(13-6-5-7-19-17(13)27-16)14-12-22(10-11-26-14)28(24,25)21-8-3-4-9-21/h5-7,14H,3-4,8-12H2,1-2H3. The van der Waals surface area contributed by atoms with Crippen molar-refractivity contribution in [2.75, 3.05) is 46.9 Å². The number of morpholine rings is 1. The molecule has 0 radical (unpaired) electrons. The molecule has 8 nitrogen and oxygen atoms in total. The van der Waals surface area contributed by atoms with E-state index >= 15 is 0 Å². The Hall–Kier alpha value is -1.59. The van der Waals surface area contributed by atoms with Gasteiger partial charge in [-0.25, -0.2) is 4.98 Å². The largest absolute Gasteiger partial charge is 0.371 e. The van der Waals surface area contributed by atoms with E-state index in [1.807, 2.05) is 12.1 Å². The molecule has 2 aliphatic rings. The van der Waals surface area contributed by atoms with Crippen LogP contribution in [-0.2, 0) is 14.9 Å². The number of fused-ring (bicyclic) bond motifs is 1. The molecule has 0 aliphatic carbocycles. The van der Waals surface area contributed by atoms with E-state index in [0.717, 1.165) is 28.6 Å². The highest BCUT2D eigenvalue weighted by atomic mass is 32.2. The summed E-state index contributed by atoms with van der Waals surface area (Å²) in [6.07, 6.45) is 2.99. The molecule has 2 aliphatic heterocycles. The van der Waals surface area contributed by atoms with E-state index in [0.29, 0.717) is 31.1 Å². The van der Waals surface area contributed by atoms with Crippen LogP contribution < -0.4 is 0 Å². The molecule has 0 saturated carbocycles. The summed E-state index contributed by atoms with van der Waals surface area (Å²) in [5.74, 6) is -0.124. The van der Waals surface area contributed by atoms with Gasteiger partial charge in [0.05, 0.1) is 12.7 Å². The average molecular weight is 425 g/mol. The van der Waals surface area contributed by atoms with Crippen molar-refractivity contribution in [2.45, 2.75) is 18.9 Å². The minimum atomic E-state index is -3.51. The molecule has 152 valence electrons. The number of carbonyl (C=O) groups excluding carboxylic acids is 1. The summed E-state index contributed by atoms with van der Waals surface area (Å²) in [6, 6.07) is 3.74. The number of hydrogen-bond donors (Lipinski definition) is 0. The average Bonchev–Trinajstić information content (AvgIpc) is 3.35. The van der Waals surface area contributed by atoms with Crippen LogP contribution in [0.4, 0.5) is 0 Å². The molecule has 0 N–H and O–H groups in total. The van der Waals surface area contributed by atoms with Gasteiger partial charge in [0.15, 0.2) is 0 Å². The van der Waals surface area contributed by atoms with Crippen LogP contribution in [0.5, 0.6) is 0 Å². The Bertz CT molecular complexity index is 983. The molecule has 0 aromatic carbocycles. The van der Waals surface area contributed by atoms with Crippen molar-refractivity contribution in [2.24, 2.45) is 0 Å². The number of thiophene rings is 1. The highest BCUT2D eigenvalue weighted by Gasteiger charge is 2.38. The Labute approximate surface area is 168 Å². The van der Waals surface area contributed by atoms with Gasteiger partial charge < -0.3 is 9.64 Å². The third-order valence-corrected chi connectivity index (χ3v) is 8.29. The molecule has 2 aromatic heterocycles. The molecule has 4 heterocycles. The molecule has 1 unspecified atom stereocenters. The van der Waals surface area contributed by atoms with Crippen molar-refractivity contribution in [1.82, 2.24) is 18.5 Å². The van der Waals surface area contributed by atoms with Gasteiger partial charge >= 0.3 is 0 Å². The van der Waals surface area contributed by atoms with Crippen LogP contribution in [-0.4, -0.2) is 79.7 Å². The molecule has 0 bridgehead atoms. The maximum atomic E-state index is 13.0. The van der Waals surface area contributed by atoms with Gasteiger partial charge in [0.2, 0.25) is 0 Å². The quantitative estimate of drug-likeness (QED) is 0.746. The Balaban J connectivity index is 1.71. The zero-order valence-corrected chi connectivity index (χ0v) is 17.6. The van der Waals surface area contributed by atoms with Crippen molar-refractivity contribution < 1.29 is 17.9 Å². The highest BCUT2D eigenvalue weighted by molar-refractivity contribution is 7.86. The first-order valence-electron chi connectivity index (χ1n) is 9.35. The summed E-state index contributed by atoms with van der Waals surface area (Å²) in [7, 11) is -0.101. The summed E-state index contributed by atoms with van der Waals surface area (Å²) in [4.78, 5) is 20.0. The highest BCUT2D eigenvalue weighted by Crippen LogP contribution is 2.38. The fourth-order valence-corrected chi connectivity index (χ4v) is 6.62. The predicted octanol–water partition coefficient (Wildman–Crippen LogP) is 1.71. The van der Waals surface area contributed by atoms with E-state index in [1.165, 1.54) is 20.5 Å². The van der Waals surface area contributed by atoms with E-state index in [-0.39, 0.29) is 12.5 Å². The van der Waals surface area contributed by atoms with Crippen molar-refractivity contribution in [3.63, 3.8) is 0 Å². The number of amides is 1. The summed E-state index contributed by atoms with van der Waals surface area (Å²) in [5.41, 5.74) is 0.744. The lowest BCUT2D eigenvalue weighted by molar-refractivity contribution is -0.00358. The smallest absolute Gasteiger partial charge is 0.282 e. The van der Waals surface area contributed by atoms with Gasteiger partial charge in [0.1, 0.15) is 9.71 Å². The number of carbonyl (C=O) groups is 1. The Morgan fingerprint density at radius 3 is 2.71 bits per heavy atom. The fourth-order valence-electron chi connectivity index (χ4n) is 3.72. The number of hydrogen-bond acceptors (Lipinski definition) is 6. The molecule has 28 heavy (non-hydrogen) atoms. The van der Waals surface area contributed by atoms with Crippen LogP contribution in [0.15, 0.2) is 18.3 Å². The maximum absolute atomic E-state index is 13.0. The molecule has 1 atom stereocenters. The van der Waals surface area contributed by atoms with Gasteiger partial charge in [-0.2, -0.15) is 17.0 Å². The Morgan fingerprint density at radius 2 is 2.00 bits per heavy atom. The Kier molecular flexibility index (Phi) is 5.41. The van der Waals surface area contributed by atoms with Crippen molar-refractivity contribution in [1.29, 1.82) is 0 Å². The van der Waals surface area contributed by atoms with Gasteiger partial charge in [-0.3, -0.25) is 4.79 Å². The van der Waals surface area contributed by atoms with Gasteiger partial charge in [-0.15, -0.1) is 11.3 Å². The van der Waals surface area contributed by atoms with Crippen molar-refractivity contribution >= 4 is 37.7 Å². The molecule has 10 heteroatoms. The number of nitrogens with zero attached hydrogens (tertiary/aromatic N) is 4. The van der Waals surface area contributed by atoms with Gasteiger partial charge in [0.25, 0.3) is 16.1 Å². The van der Waals surface area contributed by atoms with Gasteiger partial charge in [0, 0.05) is 57.4 Å². The second-order valence-corrected chi connectivity index (χ2v) is 10.2. The lowest BCUT2D eigenvalue weighted by atomic mass is 10.0. The second kappa shape index (κ2) is 7.68. The third kappa shape index (κ3) is 3.43. The van der Waals surface area contributed by atoms with Crippen LogP contribution in [0.1, 0.15) is 34.2 Å². The summed E-state index contributed by atoms with van der Waals surface area (Å²) < 4.78 is 35.0. The van der Waals surface area contributed by atoms with Crippen LogP contribution in [0, 0.1) is 0 Å². The maximum Gasteiger partial charge on any atom is 0.282 e. The SMILES string of the molecule is CN(C)C(=O)c1sc2ncccc2c1C1CN(S(=O)(=O)N2CCCC2)CCO1. The second-order valence-electron chi connectivity index (χ2n) is 7.23. The van der Waals surface area contributed by atoms with Crippen LogP contribution >= 0.6 is 11.3 Å². The number of ether oxygens (including phenoxy) is 1. The Morgan fingerprint density at radius 1 is 1.25 bits per heavy atom. The molecule has 1 amide bonds. The normalized spacial score (nSPS) is 22.0. The molecule has 2 fully saturated rings. The van der Waals surface area contributed by atoms with Crippen LogP contribution in [0.3, 0.4) is 0 Å². The van der Waals surface area contributed by atoms with E-state index in [2.05, 4.69) is 4.98 Å². The first-order valence-corrected chi connectivity index (χ1v) is 11.6. The third-order valence-electron chi connectivity index (χ3n) is 5.17. The van der Waals surface area contributed by atoms with Crippen LogP contribution in [0.25, 0.3) is 10.2 Å². The van der Waals surface area contributed by atoms with E-state index in [1.54, 1.807) is 24.6 Å². The van der Waals surface area contributed by atoms with E-state index in [9.17, 15) is 13.2 Å². The first-order chi connectivity index (χ1) is 13.4. The van der Waals surface area contributed by atoms with Crippen molar-refractivity contribution in [3.8, 4) is 0 Å². The zero-order valence-electron chi connectivity index (χ0n) is 16.0. The predicted molar refractivity (Wildman–Crippen MR) is 108 cm³/mol. The van der Waals surface area contributed by atoms with E-state index in [4.69, 9.17) is 4.74 Å². The summed E-state index contributed by atoms with van der Waals surface area (Å²) >= 11 is 1.33. The molecule has 0 spiro atoms. The number of pyridine rings is 1. The van der Waals surface area contributed by atoms with Gasteiger partial charge in [-0.05, 0) is 18.9 Å².